The minimum Gasteiger partial charge on any atom is -0.384 e. The Balaban J connectivity index is 2.77. The number of hydrogen-bond acceptors (Lipinski definition) is 2. The Kier molecular flexibility index (Phi) is 3.00. The number of aldehydes is 1. The molecule has 0 bridgehead atoms. The lowest BCUT2D eigenvalue weighted by atomic mass is 10.00. The standard InChI is InChI=1S/C14H10O2/c15-9-3-6-14-12(10-16)8-7-11-4-1-2-5-13(11)14/h1-2,4-5,7-8,10,15H,9H2. The van der Waals surface area contributed by atoms with E-state index in [1.807, 2.05) is 30.3 Å². The number of aliphatic hydroxyl groups is 1. The predicted octanol–water partition coefficient (Wildman–Crippen LogP) is 2.00. The molecule has 0 unspecified atom stereocenters. The molecule has 0 aliphatic carbocycles. The Morgan fingerprint density at radius 2 is 2.00 bits per heavy atom. The molecule has 0 atom stereocenters. The summed E-state index contributed by atoms with van der Waals surface area (Å²) < 4.78 is 0. The van der Waals surface area contributed by atoms with E-state index < -0.39 is 0 Å². The van der Waals surface area contributed by atoms with Crippen LogP contribution >= 0.6 is 0 Å². The molecule has 0 aliphatic rings. The minimum absolute atomic E-state index is 0.207. The molecule has 0 saturated carbocycles. The van der Waals surface area contributed by atoms with Crippen molar-refractivity contribution in [1.82, 2.24) is 0 Å². The Morgan fingerprint density at radius 1 is 1.19 bits per heavy atom. The van der Waals surface area contributed by atoms with Gasteiger partial charge in [0.25, 0.3) is 0 Å². The van der Waals surface area contributed by atoms with Gasteiger partial charge in [-0.15, -0.1) is 0 Å². The maximum absolute atomic E-state index is 10.9. The number of benzene rings is 2. The van der Waals surface area contributed by atoms with E-state index in [2.05, 4.69) is 11.8 Å². The molecular weight excluding hydrogens is 200 g/mol. The maximum Gasteiger partial charge on any atom is 0.151 e. The van der Waals surface area contributed by atoms with Crippen LogP contribution in [0.1, 0.15) is 15.9 Å². The van der Waals surface area contributed by atoms with E-state index in [4.69, 9.17) is 5.11 Å². The van der Waals surface area contributed by atoms with Crippen LogP contribution in [-0.4, -0.2) is 18.0 Å². The van der Waals surface area contributed by atoms with Crippen molar-refractivity contribution in [1.29, 1.82) is 0 Å². The first-order chi connectivity index (χ1) is 7.86. The summed E-state index contributed by atoms with van der Waals surface area (Å²) in [6, 6.07) is 11.4. The molecule has 0 radical (unpaired) electrons. The van der Waals surface area contributed by atoms with Crippen LogP contribution in [0.25, 0.3) is 10.8 Å². The first-order valence-corrected chi connectivity index (χ1v) is 4.93. The molecule has 0 aromatic heterocycles. The van der Waals surface area contributed by atoms with Gasteiger partial charge in [-0.05, 0) is 16.8 Å². The molecular formula is C14H10O2. The molecule has 0 spiro atoms. The molecule has 0 fully saturated rings. The largest absolute Gasteiger partial charge is 0.384 e. The molecule has 0 aliphatic heterocycles. The van der Waals surface area contributed by atoms with Gasteiger partial charge in [0.1, 0.15) is 6.61 Å². The monoisotopic (exact) mass is 210 g/mol. The second-order valence-electron chi connectivity index (χ2n) is 3.33. The lowest BCUT2D eigenvalue weighted by molar-refractivity contribution is 0.112. The van der Waals surface area contributed by atoms with Gasteiger partial charge >= 0.3 is 0 Å². The zero-order chi connectivity index (χ0) is 11.4. The van der Waals surface area contributed by atoms with Crippen LogP contribution in [0.2, 0.25) is 0 Å². The number of fused-ring (bicyclic) bond motifs is 1. The van der Waals surface area contributed by atoms with E-state index >= 15 is 0 Å². The normalized spacial score (nSPS) is 9.56. The van der Waals surface area contributed by atoms with Crippen LogP contribution in [0.15, 0.2) is 36.4 Å². The van der Waals surface area contributed by atoms with Gasteiger partial charge in [0.15, 0.2) is 6.29 Å². The number of hydrogen-bond donors (Lipinski definition) is 1. The minimum atomic E-state index is -0.207. The highest BCUT2D eigenvalue weighted by molar-refractivity contribution is 5.95. The van der Waals surface area contributed by atoms with Crippen molar-refractivity contribution in [2.24, 2.45) is 0 Å². The van der Waals surface area contributed by atoms with Crippen molar-refractivity contribution in [3.8, 4) is 11.8 Å². The third kappa shape index (κ3) is 1.81. The van der Waals surface area contributed by atoms with Crippen molar-refractivity contribution >= 4 is 17.1 Å². The van der Waals surface area contributed by atoms with Crippen LogP contribution in [0.5, 0.6) is 0 Å². The van der Waals surface area contributed by atoms with E-state index in [0.29, 0.717) is 11.1 Å². The summed E-state index contributed by atoms with van der Waals surface area (Å²) in [7, 11) is 0. The number of carbonyl (C=O) groups excluding carboxylic acids is 1. The van der Waals surface area contributed by atoms with Crippen LogP contribution in [-0.2, 0) is 0 Å². The van der Waals surface area contributed by atoms with Gasteiger partial charge < -0.3 is 5.11 Å². The van der Waals surface area contributed by atoms with E-state index in [-0.39, 0.29) is 6.61 Å². The zero-order valence-electron chi connectivity index (χ0n) is 8.60. The fourth-order valence-corrected chi connectivity index (χ4v) is 1.65. The van der Waals surface area contributed by atoms with Crippen molar-refractivity contribution in [3.63, 3.8) is 0 Å². The smallest absolute Gasteiger partial charge is 0.151 e. The Labute approximate surface area is 93.5 Å². The van der Waals surface area contributed by atoms with Crippen molar-refractivity contribution < 1.29 is 9.90 Å². The summed E-state index contributed by atoms with van der Waals surface area (Å²) in [6.45, 7) is -0.207. The molecule has 2 nitrogen and oxygen atoms in total. The molecule has 2 aromatic carbocycles. The summed E-state index contributed by atoms with van der Waals surface area (Å²) in [5.41, 5.74) is 1.24. The highest BCUT2D eigenvalue weighted by Gasteiger charge is 2.03. The highest BCUT2D eigenvalue weighted by atomic mass is 16.2. The molecule has 16 heavy (non-hydrogen) atoms. The van der Waals surface area contributed by atoms with Crippen molar-refractivity contribution in [3.05, 3.63) is 47.5 Å². The fraction of sp³-hybridized carbons (Fsp3) is 0.0714. The van der Waals surface area contributed by atoms with Gasteiger partial charge in [0.2, 0.25) is 0 Å². The number of rotatable bonds is 1. The van der Waals surface area contributed by atoms with Crippen LogP contribution in [0.4, 0.5) is 0 Å². The summed E-state index contributed by atoms with van der Waals surface area (Å²) >= 11 is 0. The van der Waals surface area contributed by atoms with Crippen LogP contribution in [0, 0.1) is 11.8 Å². The van der Waals surface area contributed by atoms with Crippen molar-refractivity contribution in [2.75, 3.05) is 6.61 Å². The first-order valence-electron chi connectivity index (χ1n) is 4.93. The molecule has 78 valence electrons. The van der Waals surface area contributed by atoms with Crippen LogP contribution < -0.4 is 0 Å². The second-order valence-corrected chi connectivity index (χ2v) is 3.33. The first kappa shape index (κ1) is 10.4. The molecule has 2 rings (SSSR count). The average molecular weight is 210 g/mol. The molecule has 2 heteroatoms. The third-order valence-corrected chi connectivity index (χ3v) is 2.38. The Hall–Kier alpha value is -2.11. The third-order valence-electron chi connectivity index (χ3n) is 2.38. The summed E-state index contributed by atoms with van der Waals surface area (Å²) in [4.78, 5) is 10.9. The van der Waals surface area contributed by atoms with E-state index in [1.54, 1.807) is 6.07 Å². The van der Waals surface area contributed by atoms with Crippen molar-refractivity contribution in [2.45, 2.75) is 0 Å². The van der Waals surface area contributed by atoms with Gasteiger partial charge in [-0.3, -0.25) is 4.79 Å². The topological polar surface area (TPSA) is 37.3 Å². The molecule has 0 saturated heterocycles. The SMILES string of the molecule is O=Cc1ccc2ccccc2c1C#CCO. The zero-order valence-corrected chi connectivity index (χ0v) is 8.60. The fourth-order valence-electron chi connectivity index (χ4n) is 1.65. The van der Waals surface area contributed by atoms with Gasteiger partial charge in [-0.2, -0.15) is 0 Å². The second kappa shape index (κ2) is 4.61. The number of aliphatic hydroxyl groups excluding tert-OH is 1. The maximum atomic E-state index is 10.9. The molecule has 0 heterocycles. The molecule has 1 N–H and O–H groups in total. The van der Waals surface area contributed by atoms with Gasteiger partial charge in [0, 0.05) is 11.1 Å². The Bertz CT molecular complexity index is 588. The molecule has 2 aromatic rings. The lowest BCUT2D eigenvalue weighted by Gasteiger charge is -2.03. The number of carbonyl (C=O) groups is 1. The summed E-state index contributed by atoms with van der Waals surface area (Å²) in [5, 5.41) is 10.7. The highest BCUT2D eigenvalue weighted by Crippen LogP contribution is 2.20. The van der Waals surface area contributed by atoms with Gasteiger partial charge in [-0.25, -0.2) is 0 Å². The van der Waals surface area contributed by atoms with E-state index in [0.717, 1.165) is 17.1 Å². The van der Waals surface area contributed by atoms with Crippen LogP contribution in [0.3, 0.4) is 0 Å². The van der Waals surface area contributed by atoms with E-state index in [9.17, 15) is 4.79 Å². The molecule has 0 amide bonds. The van der Waals surface area contributed by atoms with E-state index in [1.165, 1.54) is 0 Å². The lowest BCUT2D eigenvalue weighted by Crippen LogP contribution is -1.89. The Morgan fingerprint density at radius 3 is 2.75 bits per heavy atom. The summed E-state index contributed by atoms with van der Waals surface area (Å²) in [6.07, 6.45) is 0.786. The average Bonchev–Trinajstić information content (AvgIpc) is 2.35. The van der Waals surface area contributed by atoms with Gasteiger partial charge in [-0.1, -0.05) is 42.2 Å². The van der Waals surface area contributed by atoms with Gasteiger partial charge in [0.05, 0.1) is 0 Å². The predicted molar refractivity (Wildman–Crippen MR) is 63.3 cm³/mol. The summed E-state index contributed by atoms with van der Waals surface area (Å²) in [5.74, 6) is 5.40. The quantitative estimate of drug-likeness (QED) is 0.577.